The third kappa shape index (κ3) is 8.31. The van der Waals surface area contributed by atoms with Crippen molar-refractivity contribution in [3.63, 3.8) is 0 Å². The molecule has 0 bridgehead atoms. The second-order valence-corrected chi connectivity index (χ2v) is 10.4. The van der Waals surface area contributed by atoms with Crippen molar-refractivity contribution in [2.45, 2.75) is 53.9 Å². The van der Waals surface area contributed by atoms with Crippen molar-refractivity contribution in [3.8, 4) is 11.1 Å². The van der Waals surface area contributed by atoms with Crippen molar-refractivity contribution in [2.75, 3.05) is 13.7 Å². The number of methoxy groups -OCH3 is 1. The van der Waals surface area contributed by atoms with Gasteiger partial charge in [-0.15, -0.1) is 0 Å². The highest BCUT2D eigenvalue weighted by atomic mass is 16.5. The van der Waals surface area contributed by atoms with Gasteiger partial charge in [0.2, 0.25) is 0 Å². The minimum absolute atomic E-state index is 0.344. The van der Waals surface area contributed by atoms with E-state index in [1.807, 2.05) is 42.5 Å². The maximum Gasteiger partial charge on any atom is 0.336 e. The lowest BCUT2D eigenvalue weighted by molar-refractivity contribution is 0.0697. The van der Waals surface area contributed by atoms with Crippen molar-refractivity contribution in [1.82, 2.24) is 0 Å². The summed E-state index contributed by atoms with van der Waals surface area (Å²) < 4.78 is 5.45. The molecule has 3 N–H and O–H groups in total. The number of aryl methyl sites for hydroxylation is 2. The van der Waals surface area contributed by atoms with Gasteiger partial charge in [-0.1, -0.05) is 79.2 Å². The smallest absolute Gasteiger partial charge is 0.336 e. The first-order chi connectivity index (χ1) is 19.7. The number of nitrogens with zero attached hydrogens (tertiary/aromatic N) is 1. The summed E-state index contributed by atoms with van der Waals surface area (Å²) in [5.74, 6) is 0.693. The summed E-state index contributed by atoms with van der Waals surface area (Å²) >= 11 is 0. The molecule has 0 fully saturated rings. The van der Waals surface area contributed by atoms with E-state index in [1.54, 1.807) is 19.2 Å². The lowest BCUT2D eigenvalue weighted by atomic mass is 9.96. The van der Waals surface area contributed by atoms with E-state index in [9.17, 15) is 4.79 Å². The molecule has 4 rings (SSSR count). The van der Waals surface area contributed by atoms with Crippen LogP contribution in [-0.4, -0.2) is 30.6 Å². The number of aliphatic imine (C=N–C) groups is 1. The number of ether oxygens (including phenoxy) is 1. The predicted octanol–water partition coefficient (Wildman–Crippen LogP) is 8.38. The zero-order chi connectivity index (χ0) is 29.9. The lowest BCUT2D eigenvalue weighted by Crippen LogP contribution is -2.15. The van der Waals surface area contributed by atoms with Gasteiger partial charge >= 0.3 is 5.97 Å². The van der Waals surface area contributed by atoms with Gasteiger partial charge in [0.1, 0.15) is 11.6 Å². The second-order valence-electron chi connectivity index (χ2n) is 10.4. The molecule has 3 aromatic rings. The van der Waals surface area contributed by atoms with Gasteiger partial charge in [0.25, 0.3) is 0 Å². The van der Waals surface area contributed by atoms with E-state index in [0.29, 0.717) is 17.9 Å². The van der Waals surface area contributed by atoms with Crippen LogP contribution in [0, 0.1) is 6.92 Å². The fraction of sp³-hybridized carbons (Fsp3) is 0.278. The highest BCUT2D eigenvalue weighted by molar-refractivity contribution is 5.98. The van der Waals surface area contributed by atoms with Crippen LogP contribution in [0.25, 0.3) is 16.7 Å². The zero-order valence-electron chi connectivity index (χ0n) is 25.1. The van der Waals surface area contributed by atoms with Crippen LogP contribution in [0.5, 0.6) is 0 Å². The first-order valence-electron chi connectivity index (χ1n) is 14.1. The Labute approximate surface area is 244 Å². The fourth-order valence-corrected chi connectivity index (χ4v) is 4.63. The van der Waals surface area contributed by atoms with E-state index in [0.717, 1.165) is 47.3 Å². The van der Waals surface area contributed by atoms with E-state index in [4.69, 9.17) is 15.6 Å². The van der Waals surface area contributed by atoms with Gasteiger partial charge in [-0.25, -0.2) is 4.79 Å². The molecule has 1 aliphatic carbocycles. The molecule has 0 amide bonds. The minimum atomic E-state index is -0.889. The molecule has 0 aliphatic heterocycles. The van der Waals surface area contributed by atoms with Crippen molar-refractivity contribution < 1.29 is 14.6 Å². The van der Waals surface area contributed by atoms with Crippen LogP contribution in [0.4, 0.5) is 0 Å². The van der Waals surface area contributed by atoms with Gasteiger partial charge in [0, 0.05) is 17.6 Å². The molecule has 0 aromatic heterocycles. The van der Waals surface area contributed by atoms with E-state index < -0.39 is 5.97 Å². The molecule has 0 atom stereocenters. The SMILES string of the molecule is CCc1ccc(-c2ccccc2C(=O)O)cc1.COC1=C(CN=C(N)c2ccc(C)c(C(C)=C(C)C)c2)C=CCC1. The maximum absolute atomic E-state index is 11.1. The average molecular weight is 551 g/mol. The molecule has 5 heteroatoms. The van der Waals surface area contributed by atoms with E-state index in [1.165, 1.54) is 27.8 Å². The first kappa shape index (κ1) is 31.2. The summed E-state index contributed by atoms with van der Waals surface area (Å²) in [5.41, 5.74) is 16.7. The third-order valence-electron chi connectivity index (χ3n) is 7.40. The summed E-state index contributed by atoms with van der Waals surface area (Å²) in [5, 5.41) is 9.13. The van der Waals surface area contributed by atoms with E-state index >= 15 is 0 Å². The first-order valence-corrected chi connectivity index (χ1v) is 14.1. The Bertz CT molecular complexity index is 1490. The zero-order valence-corrected chi connectivity index (χ0v) is 25.1. The van der Waals surface area contributed by atoms with Crippen LogP contribution in [0.15, 0.2) is 101 Å². The Morgan fingerprint density at radius 1 is 1.00 bits per heavy atom. The highest BCUT2D eigenvalue weighted by Gasteiger charge is 2.11. The Morgan fingerprint density at radius 2 is 1.71 bits per heavy atom. The molecular formula is C36H42N2O3. The van der Waals surface area contributed by atoms with Crippen molar-refractivity contribution in [1.29, 1.82) is 0 Å². The Hall–Kier alpha value is -4.38. The third-order valence-corrected chi connectivity index (χ3v) is 7.40. The molecule has 0 spiro atoms. The van der Waals surface area contributed by atoms with Gasteiger partial charge in [0.15, 0.2) is 0 Å². The number of hydrogen-bond donors (Lipinski definition) is 2. The van der Waals surface area contributed by atoms with Crippen LogP contribution in [0.1, 0.15) is 73.1 Å². The van der Waals surface area contributed by atoms with Crippen molar-refractivity contribution in [3.05, 3.63) is 124 Å². The molecule has 41 heavy (non-hydrogen) atoms. The summed E-state index contributed by atoms with van der Waals surface area (Å²) in [6.07, 6.45) is 7.20. The molecule has 0 heterocycles. The number of allylic oxidation sites excluding steroid dienone is 4. The van der Waals surface area contributed by atoms with Gasteiger partial charge in [-0.3, -0.25) is 4.99 Å². The number of rotatable bonds is 8. The summed E-state index contributed by atoms with van der Waals surface area (Å²) in [6.45, 7) is 11.2. The quantitative estimate of drug-likeness (QED) is 0.218. The molecule has 1 aliphatic rings. The normalized spacial score (nSPS) is 12.9. The van der Waals surface area contributed by atoms with Gasteiger partial charge in [-0.05, 0) is 86.1 Å². The topological polar surface area (TPSA) is 84.9 Å². The Morgan fingerprint density at radius 3 is 2.34 bits per heavy atom. The molecule has 5 nitrogen and oxygen atoms in total. The van der Waals surface area contributed by atoms with Crippen LogP contribution >= 0.6 is 0 Å². The largest absolute Gasteiger partial charge is 0.501 e. The summed E-state index contributed by atoms with van der Waals surface area (Å²) in [6, 6.07) is 21.4. The highest BCUT2D eigenvalue weighted by Crippen LogP contribution is 2.25. The summed E-state index contributed by atoms with van der Waals surface area (Å²) in [7, 11) is 1.72. The fourth-order valence-electron chi connectivity index (χ4n) is 4.63. The number of carboxylic acid groups (broad SMARTS) is 1. The Balaban J connectivity index is 0.000000239. The predicted molar refractivity (Wildman–Crippen MR) is 171 cm³/mol. The molecule has 214 valence electrons. The molecule has 0 unspecified atom stereocenters. The lowest BCUT2D eigenvalue weighted by Gasteiger charge is -2.14. The maximum atomic E-state index is 11.1. The molecule has 0 saturated heterocycles. The van der Waals surface area contributed by atoms with E-state index in [2.05, 4.69) is 63.9 Å². The minimum Gasteiger partial charge on any atom is -0.501 e. The molecular weight excluding hydrogens is 508 g/mol. The summed E-state index contributed by atoms with van der Waals surface area (Å²) in [4.78, 5) is 15.7. The molecule has 0 radical (unpaired) electrons. The van der Waals surface area contributed by atoms with Crippen molar-refractivity contribution >= 4 is 17.4 Å². The van der Waals surface area contributed by atoms with Crippen LogP contribution in [0.2, 0.25) is 0 Å². The second kappa shape index (κ2) is 14.8. The number of hydrogen-bond acceptors (Lipinski definition) is 3. The number of carbonyl (C=O) groups is 1. The van der Waals surface area contributed by atoms with E-state index in [-0.39, 0.29) is 0 Å². The molecule has 3 aromatic carbocycles. The van der Waals surface area contributed by atoms with Crippen LogP contribution in [0.3, 0.4) is 0 Å². The van der Waals surface area contributed by atoms with Gasteiger partial charge in [-0.2, -0.15) is 0 Å². The number of aromatic carboxylic acids is 1. The van der Waals surface area contributed by atoms with Crippen LogP contribution in [-0.2, 0) is 11.2 Å². The Kier molecular flexibility index (Phi) is 11.3. The van der Waals surface area contributed by atoms with Crippen molar-refractivity contribution in [2.24, 2.45) is 10.7 Å². The average Bonchev–Trinajstić information content (AvgIpc) is 3.00. The van der Waals surface area contributed by atoms with Gasteiger partial charge in [0.05, 0.1) is 19.2 Å². The number of nitrogens with two attached hydrogens (primary N) is 1. The number of benzene rings is 3. The number of carboxylic acids is 1. The van der Waals surface area contributed by atoms with Crippen LogP contribution < -0.4 is 5.73 Å². The number of amidine groups is 1. The standard InChI is InChI=1S/C21H28N2O.C15H14O2/c1-14(2)16(4)19-12-17(11-10-15(19)3)21(22)23-13-18-8-6-7-9-20(18)24-5;1-2-11-7-9-12(10-8-11)13-5-3-4-6-14(13)15(16)17/h6,8,10-12H,7,9,13H2,1-5H3,(H2,22,23);3-10H,2H2,1H3,(H,16,17). The monoisotopic (exact) mass is 550 g/mol. The van der Waals surface area contributed by atoms with Gasteiger partial charge < -0.3 is 15.6 Å². The molecule has 0 saturated carbocycles.